The molecule has 1 aromatic rings. The first-order valence-electron chi connectivity index (χ1n) is 5.87. The van der Waals surface area contributed by atoms with E-state index in [1.165, 1.54) is 0 Å². The van der Waals surface area contributed by atoms with Gasteiger partial charge in [-0.1, -0.05) is 30.3 Å². The minimum absolute atomic E-state index is 0.100. The van der Waals surface area contributed by atoms with E-state index in [1.54, 1.807) is 24.3 Å². The van der Waals surface area contributed by atoms with Gasteiger partial charge in [-0.2, -0.15) is 0 Å². The van der Waals surface area contributed by atoms with Gasteiger partial charge in [0.15, 0.2) is 5.78 Å². The summed E-state index contributed by atoms with van der Waals surface area (Å²) in [6, 6.07) is 8.90. The summed E-state index contributed by atoms with van der Waals surface area (Å²) in [5, 5.41) is 9.04. The number of Topliss-reactive ketones (excluding diaryl/α,β-unsaturated/α-hetero) is 2. The summed E-state index contributed by atoms with van der Waals surface area (Å²) in [6.07, 6.45) is 0.167. The largest absolute Gasteiger partial charge is 0.481 e. The van der Waals surface area contributed by atoms with Crippen LogP contribution in [0.25, 0.3) is 0 Å². The van der Waals surface area contributed by atoms with Gasteiger partial charge in [0, 0.05) is 6.42 Å². The zero-order valence-electron chi connectivity index (χ0n) is 9.89. The Balaban J connectivity index is 2.44. The van der Waals surface area contributed by atoms with Crippen LogP contribution in [0.1, 0.15) is 31.2 Å². The highest BCUT2D eigenvalue weighted by Gasteiger charge is 2.45. The van der Waals surface area contributed by atoms with Crippen molar-refractivity contribution in [3.05, 3.63) is 35.9 Å². The van der Waals surface area contributed by atoms with Gasteiger partial charge in [-0.05, 0) is 12.0 Å². The number of hydrogen-bond acceptors (Lipinski definition) is 3. The molecule has 94 valence electrons. The van der Waals surface area contributed by atoms with Crippen LogP contribution in [-0.4, -0.2) is 22.6 Å². The van der Waals surface area contributed by atoms with Crippen molar-refractivity contribution in [1.82, 2.24) is 0 Å². The van der Waals surface area contributed by atoms with Gasteiger partial charge < -0.3 is 5.11 Å². The van der Waals surface area contributed by atoms with Crippen LogP contribution in [0.5, 0.6) is 0 Å². The average Bonchev–Trinajstić information content (AvgIpc) is 2.34. The van der Waals surface area contributed by atoms with Gasteiger partial charge in [-0.25, -0.2) is 0 Å². The van der Waals surface area contributed by atoms with Crippen molar-refractivity contribution in [2.75, 3.05) is 0 Å². The Morgan fingerprint density at radius 3 is 2.44 bits per heavy atom. The first-order chi connectivity index (χ1) is 8.54. The van der Waals surface area contributed by atoms with Gasteiger partial charge in [0.25, 0.3) is 0 Å². The highest BCUT2D eigenvalue weighted by molar-refractivity contribution is 6.08. The van der Waals surface area contributed by atoms with E-state index in [-0.39, 0.29) is 30.8 Å². The third kappa shape index (κ3) is 2.18. The van der Waals surface area contributed by atoms with E-state index < -0.39 is 11.4 Å². The lowest BCUT2D eigenvalue weighted by Crippen LogP contribution is -2.43. The summed E-state index contributed by atoms with van der Waals surface area (Å²) in [4.78, 5) is 34.5. The van der Waals surface area contributed by atoms with Crippen LogP contribution in [0.2, 0.25) is 0 Å². The standard InChI is InChI=1S/C14H14O4/c15-11-6-7-14(9-13(17)18,12(16)8-11)10-4-2-1-3-5-10/h1-5H,6-9H2,(H,17,18). The number of carboxylic acid groups (broad SMARTS) is 1. The Labute approximate surface area is 105 Å². The minimum Gasteiger partial charge on any atom is -0.481 e. The third-order valence-corrected chi connectivity index (χ3v) is 3.50. The second kappa shape index (κ2) is 4.72. The molecular weight excluding hydrogens is 232 g/mol. The van der Waals surface area contributed by atoms with Crippen LogP contribution in [0.4, 0.5) is 0 Å². The maximum Gasteiger partial charge on any atom is 0.304 e. The summed E-state index contributed by atoms with van der Waals surface area (Å²) in [6.45, 7) is 0. The summed E-state index contributed by atoms with van der Waals surface area (Å²) < 4.78 is 0. The Hall–Kier alpha value is -1.97. The van der Waals surface area contributed by atoms with E-state index in [1.807, 2.05) is 6.07 Å². The SMILES string of the molecule is O=C(O)CC1(c2ccccc2)CCC(=O)CC1=O. The van der Waals surface area contributed by atoms with Gasteiger partial charge in [-0.3, -0.25) is 14.4 Å². The highest BCUT2D eigenvalue weighted by Crippen LogP contribution is 2.38. The molecule has 4 nitrogen and oxygen atoms in total. The Kier molecular flexibility index (Phi) is 3.28. The molecule has 1 atom stereocenters. The van der Waals surface area contributed by atoms with Gasteiger partial charge in [0.2, 0.25) is 0 Å². The molecule has 1 fully saturated rings. The Morgan fingerprint density at radius 1 is 1.22 bits per heavy atom. The van der Waals surface area contributed by atoms with Gasteiger partial charge >= 0.3 is 5.97 Å². The number of carboxylic acids is 1. The van der Waals surface area contributed by atoms with Crippen LogP contribution in [0.15, 0.2) is 30.3 Å². The first-order valence-corrected chi connectivity index (χ1v) is 5.87. The summed E-state index contributed by atoms with van der Waals surface area (Å²) in [7, 11) is 0. The fourth-order valence-electron chi connectivity index (χ4n) is 2.54. The molecule has 4 heteroatoms. The molecule has 0 amide bonds. The number of hydrogen-bond donors (Lipinski definition) is 1. The van der Waals surface area contributed by atoms with Crippen LogP contribution in [-0.2, 0) is 19.8 Å². The highest BCUT2D eigenvalue weighted by atomic mass is 16.4. The zero-order valence-corrected chi connectivity index (χ0v) is 9.89. The van der Waals surface area contributed by atoms with Crippen LogP contribution in [0.3, 0.4) is 0 Å². The second-order valence-corrected chi connectivity index (χ2v) is 4.66. The van der Waals surface area contributed by atoms with Gasteiger partial charge in [-0.15, -0.1) is 0 Å². The first kappa shape index (κ1) is 12.5. The number of ketones is 2. The molecule has 2 rings (SSSR count). The van der Waals surface area contributed by atoms with Crippen molar-refractivity contribution >= 4 is 17.5 Å². The molecular formula is C14H14O4. The van der Waals surface area contributed by atoms with E-state index in [9.17, 15) is 14.4 Å². The fraction of sp³-hybridized carbons (Fsp3) is 0.357. The predicted octanol–water partition coefficient (Wildman–Crippen LogP) is 1.72. The zero-order chi connectivity index (χ0) is 13.2. The number of rotatable bonds is 3. The van der Waals surface area contributed by atoms with Crippen LogP contribution < -0.4 is 0 Å². The molecule has 1 N–H and O–H groups in total. The van der Waals surface area contributed by atoms with E-state index in [0.717, 1.165) is 0 Å². The van der Waals surface area contributed by atoms with E-state index in [4.69, 9.17) is 5.11 Å². The number of carbonyl (C=O) groups is 3. The van der Waals surface area contributed by atoms with Crippen molar-refractivity contribution in [3.63, 3.8) is 0 Å². The molecule has 18 heavy (non-hydrogen) atoms. The average molecular weight is 246 g/mol. The Morgan fingerprint density at radius 2 is 1.89 bits per heavy atom. The molecule has 0 spiro atoms. The topological polar surface area (TPSA) is 71.4 Å². The summed E-state index contributed by atoms with van der Waals surface area (Å²) in [5.41, 5.74) is -0.328. The molecule has 0 bridgehead atoms. The number of carbonyl (C=O) groups excluding carboxylic acids is 2. The molecule has 0 aliphatic heterocycles. The van der Waals surface area contributed by atoms with Crippen molar-refractivity contribution in [3.8, 4) is 0 Å². The smallest absolute Gasteiger partial charge is 0.304 e. The Bertz CT molecular complexity index is 492. The lowest BCUT2D eigenvalue weighted by molar-refractivity contribution is -0.144. The van der Waals surface area contributed by atoms with Crippen molar-refractivity contribution < 1.29 is 19.5 Å². The monoisotopic (exact) mass is 246 g/mol. The maximum atomic E-state index is 12.2. The lowest BCUT2D eigenvalue weighted by atomic mass is 9.66. The van der Waals surface area contributed by atoms with Gasteiger partial charge in [0.05, 0.1) is 18.3 Å². The van der Waals surface area contributed by atoms with E-state index in [2.05, 4.69) is 0 Å². The van der Waals surface area contributed by atoms with Crippen LogP contribution in [0, 0.1) is 0 Å². The summed E-state index contributed by atoms with van der Waals surface area (Å²) >= 11 is 0. The van der Waals surface area contributed by atoms with Crippen LogP contribution >= 0.6 is 0 Å². The molecule has 1 aliphatic carbocycles. The van der Waals surface area contributed by atoms with E-state index in [0.29, 0.717) is 12.0 Å². The van der Waals surface area contributed by atoms with Crippen molar-refractivity contribution in [2.24, 2.45) is 0 Å². The minimum atomic E-state index is -1.03. The van der Waals surface area contributed by atoms with Crippen molar-refractivity contribution in [1.29, 1.82) is 0 Å². The molecule has 1 saturated carbocycles. The third-order valence-electron chi connectivity index (χ3n) is 3.50. The molecule has 0 heterocycles. The number of aliphatic carboxylic acids is 1. The molecule has 0 radical (unpaired) electrons. The predicted molar refractivity (Wildman–Crippen MR) is 64.2 cm³/mol. The molecule has 1 unspecified atom stereocenters. The second-order valence-electron chi connectivity index (χ2n) is 4.66. The number of benzene rings is 1. The molecule has 1 aliphatic rings. The lowest BCUT2D eigenvalue weighted by Gasteiger charge is -2.34. The fourth-order valence-corrected chi connectivity index (χ4v) is 2.54. The molecule has 0 saturated heterocycles. The summed E-state index contributed by atoms with van der Waals surface area (Å²) in [5.74, 6) is -1.38. The molecule has 1 aromatic carbocycles. The van der Waals surface area contributed by atoms with E-state index >= 15 is 0 Å². The maximum absolute atomic E-state index is 12.2. The van der Waals surface area contributed by atoms with Gasteiger partial charge in [0.1, 0.15) is 5.78 Å². The quantitative estimate of drug-likeness (QED) is 0.824. The molecule has 0 aromatic heterocycles. The normalized spacial score (nSPS) is 24.0. The van der Waals surface area contributed by atoms with Crippen molar-refractivity contribution in [2.45, 2.75) is 31.1 Å².